The molecule has 0 heterocycles. The summed E-state index contributed by atoms with van der Waals surface area (Å²) in [4.78, 5) is 4.38. The first kappa shape index (κ1) is 9.78. The van der Waals surface area contributed by atoms with Crippen molar-refractivity contribution in [3.8, 4) is 0 Å². The predicted octanol–water partition coefficient (Wildman–Crippen LogP) is 2.49. The van der Waals surface area contributed by atoms with Gasteiger partial charge in [0.2, 0.25) is 0 Å². The molecule has 0 radical (unpaired) electrons. The number of benzene rings is 1. The molecule has 0 bridgehead atoms. The van der Waals surface area contributed by atoms with E-state index in [1.54, 1.807) is 0 Å². The van der Waals surface area contributed by atoms with Crippen LogP contribution in [0.3, 0.4) is 0 Å². The molecule has 1 rings (SSSR count). The minimum absolute atomic E-state index is 0.0394. The molecule has 0 saturated heterocycles. The molecule has 13 heavy (non-hydrogen) atoms. The van der Waals surface area contributed by atoms with Crippen LogP contribution < -0.4 is 5.73 Å². The molecule has 0 amide bonds. The van der Waals surface area contributed by atoms with Crippen LogP contribution in [-0.2, 0) is 0 Å². The second-order valence-corrected chi connectivity index (χ2v) is 4.06. The second kappa shape index (κ2) is 3.60. The summed E-state index contributed by atoms with van der Waals surface area (Å²) in [6, 6.07) is 7.72. The van der Waals surface area contributed by atoms with Crippen molar-refractivity contribution >= 4 is 11.9 Å². The molecule has 70 valence electrons. The van der Waals surface area contributed by atoms with Crippen molar-refractivity contribution in [3.05, 3.63) is 29.8 Å². The van der Waals surface area contributed by atoms with E-state index >= 15 is 0 Å². The Labute approximate surface area is 79.5 Å². The van der Waals surface area contributed by atoms with Crippen LogP contribution in [0.15, 0.2) is 29.3 Å². The van der Waals surface area contributed by atoms with Crippen LogP contribution in [0.1, 0.15) is 26.3 Å². The van der Waals surface area contributed by atoms with Gasteiger partial charge in [-0.2, -0.15) is 0 Å². The van der Waals surface area contributed by atoms with Crippen LogP contribution >= 0.6 is 0 Å². The Morgan fingerprint density at radius 2 is 1.85 bits per heavy atom. The van der Waals surface area contributed by atoms with Gasteiger partial charge in [-0.25, -0.2) is 0 Å². The molecule has 0 saturated carbocycles. The zero-order chi connectivity index (χ0) is 9.90. The van der Waals surface area contributed by atoms with Crippen LogP contribution in [0.25, 0.3) is 0 Å². The summed E-state index contributed by atoms with van der Waals surface area (Å²) in [6.45, 7) is 6.17. The number of hydrogen-bond acceptors (Lipinski definition) is 2. The molecule has 1 aromatic carbocycles. The van der Waals surface area contributed by atoms with Crippen molar-refractivity contribution in [3.63, 3.8) is 0 Å². The Balaban J connectivity index is 2.86. The molecule has 0 aliphatic rings. The van der Waals surface area contributed by atoms with Gasteiger partial charge in [-0.1, -0.05) is 18.2 Å². The largest absolute Gasteiger partial charge is 0.398 e. The summed E-state index contributed by atoms with van der Waals surface area (Å²) in [6.07, 6.45) is 1.83. The van der Waals surface area contributed by atoms with E-state index in [2.05, 4.69) is 25.8 Å². The summed E-state index contributed by atoms with van der Waals surface area (Å²) in [5.74, 6) is 0. The van der Waals surface area contributed by atoms with E-state index < -0.39 is 0 Å². The van der Waals surface area contributed by atoms with E-state index in [1.165, 1.54) is 0 Å². The van der Waals surface area contributed by atoms with E-state index in [0.29, 0.717) is 0 Å². The Morgan fingerprint density at radius 1 is 1.23 bits per heavy atom. The quantitative estimate of drug-likeness (QED) is 0.518. The van der Waals surface area contributed by atoms with Crippen LogP contribution in [0.2, 0.25) is 0 Å². The fourth-order valence-electron chi connectivity index (χ4n) is 0.892. The van der Waals surface area contributed by atoms with Gasteiger partial charge in [-0.3, -0.25) is 4.99 Å². The van der Waals surface area contributed by atoms with Gasteiger partial charge >= 0.3 is 0 Å². The molecule has 0 aliphatic carbocycles. The molecule has 0 unspecified atom stereocenters. The molecule has 2 heteroatoms. The number of rotatable bonds is 1. The lowest BCUT2D eigenvalue weighted by molar-refractivity contribution is 0.587. The second-order valence-electron chi connectivity index (χ2n) is 4.06. The maximum absolute atomic E-state index is 5.76. The summed E-state index contributed by atoms with van der Waals surface area (Å²) in [5, 5.41) is 0. The highest BCUT2D eigenvalue weighted by Gasteiger charge is 2.04. The molecule has 1 aromatic rings. The van der Waals surface area contributed by atoms with E-state index in [-0.39, 0.29) is 5.54 Å². The van der Waals surface area contributed by atoms with Crippen molar-refractivity contribution < 1.29 is 0 Å². The van der Waals surface area contributed by atoms with Crippen LogP contribution in [0.5, 0.6) is 0 Å². The van der Waals surface area contributed by atoms with Gasteiger partial charge in [0.1, 0.15) is 0 Å². The van der Waals surface area contributed by atoms with Gasteiger partial charge in [0, 0.05) is 17.5 Å². The fraction of sp³-hybridized carbons (Fsp3) is 0.364. The highest BCUT2D eigenvalue weighted by Crippen LogP contribution is 2.10. The third kappa shape index (κ3) is 3.28. The van der Waals surface area contributed by atoms with Crippen LogP contribution in [-0.4, -0.2) is 11.8 Å². The summed E-state index contributed by atoms with van der Waals surface area (Å²) < 4.78 is 0. The Bertz CT molecular complexity index is 308. The average Bonchev–Trinajstić information content (AvgIpc) is 2.01. The molecular formula is C11H16N2. The number of nitrogens with zero attached hydrogens (tertiary/aromatic N) is 1. The molecule has 0 atom stereocenters. The van der Waals surface area contributed by atoms with Gasteiger partial charge in [0.15, 0.2) is 0 Å². The van der Waals surface area contributed by atoms with Crippen LogP contribution in [0.4, 0.5) is 5.69 Å². The molecule has 0 spiro atoms. The smallest absolute Gasteiger partial charge is 0.0524 e. The Morgan fingerprint density at radius 3 is 2.38 bits per heavy atom. The number of hydrogen-bond donors (Lipinski definition) is 1. The predicted molar refractivity (Wildman–Crippen MR) is 58.2 cm³/mol. The summed E-state index contributed by atoms with van der Waals surface area (Å²) in [5.41, 5.74) is 7.48. The first-order valence-electron chi connectivity index (χ1n) is 4.39. The maximum Gasteiger partial charge on any atom is 0.0524 e. The number of aliphatic imine (C=N–C) groups is 1. The van der Waals surface area contributed by atoms with Crippen molar-refractivity contribution in [1.29, 1.82) is 0 Å². The van der Waals surface area contributed by atoms with E-state index in [4.69, 9.17) is 5.73 Å². The molecule has 0 fully saturated rings. The van der Waals surface area contributed by atoms with Gasteiger partial charge in [0.25, 0.3) is 0 Å². The average molecular weight is 176 g/mol. The fourth-order valence-corrected chi connectivity index (χ4v) is 0.892. The lowest BCUT2D eigenvalue weighted by atomic mass is 10.1. The molecular weight excluding hydrogens is 160 g/mol. The summed E-state index contributed by atoms with van der Waals surface area (Å²) >= 11 is 0. The normalized spacial score (nSPS) is 12.2. The zero-order valence-corrected chi connectivity index (χ0v) is 8.41. The topological polar surface area (TPSA) is 38.4 Å². The number of nitrogens with two attached hydrogens (primary N) is 1. The zero-order valence-electron chi connectivity index (χ0n) is 8.41. The monoisotopic (exact) mass is 176 g/mol. The molecule has 2 N–H and O–H groups in total. The Hall–Kier alpha value is -1.31. The van der Waals surface area contributed by atoms with E-state index in [1.807, 2.05) is 30.5 Å². The van der Waals surface area contributed by atoms with Crippen LogP contribution in [0, 0.1) is 0 Å². The SMILES string of the molecule is CC(C)(C)N=Cc1ccccc1N. The lowest BCUT2D eigenvalue weighted by Crippen LogP contribution is -2.09. The highest BCUT2D eigenvalue weighted by molar-refractivity contribution is 5.86. The van der Waals surface area contributed by atoms with E-state index in [9.17, 15) is 0 Å². The third-order valence-electron chi connectivity index (χ3n) is 1.59. The number of anilines is 1. The third-order valence-corrected chi connectivity index (χ3v) is 1.59. The van der Waals surface area contributed by atoms with E-state index in [0.717, 1.165) is 11.3 Å². The number of para-hydroxylation sites is 1. The van der Waals surface area contributed by atoms with Crippen molar-refractivity contribution in [2.75, 3.05) is 5.73 Å². The molecule has 0 aromatic heterocycles. The van der Waals surface area contributed by atoms with Gasteiger partial charge < -0.3 is 5.73 Å². The Kier molecular flexibility index (Phi) is 2.71. The minimum atomic E-state index is -0.0394. The lowest BCUT2D eigenvalue weighted by Gasteiger charge is -2.11. The molecule has 2 nitrogen and oxygen atoms in total. The van der Waals surface area contributed by atoms with Crippen molar-refractivity contribution in [2.45, 2.75) is 26.3 Å². The highest BCUT2D eigenvalue weighted by atomic mass is 14.8. The van der Waals surface area contributed by atoms with Crippen molar-refractivity contribution in [1.82, 2.24) is 0 Å². The maximum atomic E-state index is 5.76. The van der Waals surface area contributed by atoms with Crippen molar-refractivity contribution in [2.24, 2.45) is 4.99 Å². The first-order valence-corrected chi connectivity index (χ1v) is 4.39. The number of nitrogen functional groups attached to an aromatic ring is 1. The summed E-state index contributed by atoms with van der Waals surface area (Å²) in [7, 11) is 0. The minimum Gasteiger partial charge on any atom is -0.398 e. The standard InChI is InChI=1S/C11H16N2/c1-11(2,3)13-8-9-6-4-5-7-10(9)12/h4-8H,12H2,1-3H3. The van der Waals surface area contributed by atoms with Gasteiger partial charge in [-0.15, -0.1) is 0 Å². The first-order chi connectivity index (χ1) is 5.99. The molecule has 0 aliphatic heterocycles. The van der Waals surface area contributed by atoms with Gasteiger partial charge in [-0.05, 0) is 26.8 Å². The van der Waals surface area contributed by atoms with Gasteiger partial charge in [0.05, 0.1) is 5.54 Å².